The average Bonchev–Trinajstić information content (AvgIpc) is 2.91. The second kappa shape index (κ2) is 32.4. The lowest BCUT2D eigenvalue weighted by molar-refractivity contribution is -0.139. The first-order valence-corrected chi connectivity index (χ1v) is 12.5. The van der Waals surface area contributed by atoms with Gasteiger partial charge >= 0.3 is 5.97 Å². The second-order valence-electron chi connectivity index (χ2n) is 6.92. The molecule has 0 bridgehead atoms. The molecule has 0 radical (unpaired) electrons. The number of ether oxygens (including phenoxy) is 11. The molecule has 0 aromatic carbocycles. The highest BCUT2D eigenvalue weighted by Gasteiger charge is 1.97. The molecule has 0 unspecified atom stereocenters. The fraction of sp³-hybridized carbons (Fsp3) is 0.800. The summed E-state index contributed by atoms with van der Waals surface area (Å²) >= 11 is 0. The molecule has 0 saturated heterocycles. The van der Waals surface area contributed by atoms with Gasteiger partial charge in [0.15, 0.2) is 0 Å². The Labute approximate surface area is 221 Å². The molecule has 0 N–H and O–H groups in total. The average molecular weight is 539 g/mol. The summed E-state index contributed by atoms with van der Waals surface area (Å²) in [5, 5.41) is 0. The maximum atomic E-state index is 10.8. The molecule has 0 heterocycles. The summed E-state index contributed by atoms with van der Waals surface area (Å²) < 4.78 is 58.1. The van der Waals surface area contributed by atoms with Gasteiger partial charge in [-0.25, -0.2) is 4.79 Å². The van der Waals surface area contributed by atoms with E-state index in [1.807, 2.05) is 0 Å². The molecule has 0 rings (SSSR count). The molecule has 12 nitrogen and oxygen atoms in total. The van der Waals surface area contributed by atoms with Gasteiger partial charge in [-0.1, -0.05) is 13.2 Å². The van der Waals surface area contributed by atoms with E-state index in [1.54, 1.807) is 0 Å². The molecule has 0 aliphatic rings. The molecule has 0 aliphatic heterocycles. The van der Waals surface area contributed by atoms with E-state index >= 15 is 0 Å². The van der Waals surface area contributed by atoms with E-state index in [1.165, 1.54) is 6.26 Å². The Bertz CT molecular complexity index is 492. The highest BCUT2D eigenvalue weighted by molar-refractivity contribution is 5.81. The number of hydrogen-bond acceptors (Lipinski definition) is 12. The number of rotatable bonds is 32. The van der Waals surface area contributed by atoms with Crippen LogP contribution in [0.1, 0.15) is 0 Å². The zero-order valence-electron chi connectivity index (χ0n) is 22.1. The van der Waals surface area contributed by atoms with Crippen molar-refractivity contribution in [3.63, 3.8) is 0 Å². The van der Waals surface area contributed by atoms with Gasteiger partial charge in [0.05, 0.1) is 125 Å². The summed E-state index contributed by atoms with van der Waals surface area (Å²) in [6.07, 6.45) is 2.50. The van der Waals surface area contributed by atoms with Crippen LogP contribution in [-0.2, 0) is 56.9 Å². The van der Waals surface area contributed by atoms with Crippen LogP contribution in [0.3, 0.4) is 0 Å². The maximum absolute atomic E-state index is 10.8. The zero-order valence-corrected chi connectivity index (χ0v) is 22.1. The van der Waals surface area contributed by atoms with E-state index in [9.17, 15) is 4.79 Å². The number of carbonyl (C=O) groups is 1. The lowest BCUT2D eigenvalue weighted by Crippen LogP contribution is -2.15. The Morgan fingerprint density at radius 1 is 0.405 bits per heavy atom. The van der Waals surface area contributed by atoms with Crippen LogP contribution in [0.4, 0.5) is 0 Å². The third-order valence-corrected chi connectivity index (χ3v) is 4.08. The van der Waals surface area contributed by atoms with E-state index in [0.717, 1.165) is 6.08 Å². The summed E-state index contributed by atoms with van der Waals surface area (Å²) in [6, 6.07) is 0. The van der Waals surface area contributed by atoms with Crippen molar-refractivity contribution < 1.29 is 56.9 Å². The summed E-state index contributed by atoms with van der Waals surface area (Å²) in [4.78, 5) is 10.8. The van der Waals surface area contributed by atoms with Crippen molar-refractivity contribution in [3.05, 3.63) is 25.5 Å². The van der Waals surface area contributed by atoms with Crippen LogP contribution >= 0.6 is 0 Å². The van der Waals surface area contributed by atoms with Crippen LogP contribution in [0.2, 0.25) is 0 Å². The van der Waals surface area contributed by atoms with Gasteiger partial charge in [-0.2, -0.15) is 0 Å². The van der Waals surface area contributed by atoms with Gasteiger partial charge in [0.2, 0.25) is 0 Å². The second-order valence-corrected chi connectivity index (χ2v) is 6.92. The molecule has 0 amide bonds. The minimum atomic E-state index is -0.458. The zero-order chi connectivity index (χ0) is 26.9. The van der Waals surface area contributed by atoms with E-state index in [2.05, 4.69) is 13.2 Å². The Hall–Kier alpha value is -1.61. The Balaban J connectivity index is 3.04. The van der Waals surface area contributed by atoms with E-state index in [4.69, 9.17) is 52.1 Å². The Morgan fingerprint density at radius 2 is 0.649 bits per heavy atom. The third-order valence-electron chi connectivity index (χ3n) is 4.08. The molecular weight excluding hydrogens is 492 g/mol. The first-order valence-electron chi connectivity index (χ1n) is 12.5. The molecule has 0 saturated carbocycles. The molecule has 0 spiro atoms. The third kappa shape index (κ3) is 32.4. The fourth-order valence-corrected chi connectivity index (χ4v) is 2.31. The predicted octanol–water partition coefficient (Wildman–Crippen LogP) is 1.03. The van der Waals surface area contributed by atoms with Gasteiger partial charge in [-0.15, -0.1) is 0 Å². The summed E-state index contributed by atoms with van der Waals surface area (Å²) in [5.74, 6) is -0.458. The van der Waals surface area contributed by atoms with Crippen LogP contribution in [0.5, 0.6) is 0 Å². The molecule has 218 valence electrons. The van der Waals surface area contributed by atoms with Gasteiger partial charge < -0.3 is 52.1 Å². The number of esters is 1. The minimum absolute atomic E-state index is 0.200. The summed E-state index contributed by atoms with van der Waals surface area (Å²) in [6.45, 7) is 16.2. The molecule has 12 heteroatoms. The molecule has 0 aromatic heterocycles. The molecule has 0 aliphatic carbocycles. The van der Waals surface area contributed by atoms with Crippen LogP contribution in [0.15, 0.2) is 25.5 Å². The van der Waals surface area contributed by atoms with Crippen molar-refractivity contribution in [3.8, 4) is 0 Å². The van der Waals surface area contributed by atoms with E-state index in [0.29, 0.717) is 126 Å². The SMILES string of the molecule is C=COCCOCCOCCOCCOCCOCCOCCOCCOCCOCCOC(=O)C=C. The molecule has 37 heavy (non-hydrogen) atoms. The molecule has 0 fully saturated rings. The molecule has 0 atom stereocenters. The fourth-order valence-electron chi connectivity index (χ4n) is 2.31. The summed E-state index contributed by atoms with van der Waals surface area (Å²) in [5.41, 5.74) is 0. The van der Waals surface area contributed by atoms with Crippen molar-refractivity contribution in [2.24, 2.45) is 0 Å². The Kier molecular flexibility index (Phi) is 31.0. The van der Waals surface area contributed by atoms with Crippen LogP contribution in [0, 0.1) is 0 Å². The maximum Gasteiger partial charge on any atom is 0.330 e. The largest absolute Gasteiger partial charge is 0.499 e. The van der Waals surface area contributed by atoms with Crippen molar-refractivity contribution in [1.29, 1.82) is 0 Å². The van der Waals surface area contributed by atoms with Crippen LogP contribution < -0.4 is 0 Å². The number of carbonyl (C=O) groups excluding carboxylic acids is 1. The normalized spacial score (nSPS) is 10.9. The van der Waals surface area contributed by atoms with Gasteiger partial charge in [0.1, 0.15) is 13.2 Å². The lowest BCUT2D eigenvalue weighted by atomic mass is 10.6. The smallest absolute Gasteiger partial charge is 0.330 e. The summed E-state index contributed by atoms with van der Waals surface area (Å²) in [7, 11) is 0. The minimum Gasteiger partial charge on any atom is -0.499 e. The van der Waals surface area contributed by atoms with Gasteiger partial charge in [-0.3, -0.25) is 0 Å². The number of hydrogen-bond donors (Lipinski definition) is 0. The molecular formula is C25H46O12. The van der Waals surface area contributed by atoms with Crippen molar-refractivity contribution in [1.82, 2.24) is 0 Å². The predicted molar refractivity (Wildman–Crippen MR) is 135 cm³/mol. The van der Waals surface area contributed by atoms with Crippen molar-refractivity contribution in [2.45, 2.75) is 0 Å². The van der Waals surface area contributed by atoms with E-state index in [-0.39, 0.29) is 6.61 Å². The van der Waals surface area contributed by atoms with Crippen molar-refractivity contribution in [2.75, 3.05) is 132 Å². The molecule has 0 aromatic rings. The Morgan fingerprint density at radius 3 is 0.892 bits per heavy atom. The topological polar surface area (TPSA) is 119 Å². The van der Waals surface area contributed by atoms with Crippen molar-refractivity contribution >= 4 is 5.97 Å². The van der Waals surface area contributed by atoms with Gasteiger partial charge in [0, 0.05) is 6.08 Å². The van der Waals surface area contributed by atoms with Crippen LogP contribution in [-0.4, -0.2) is 138 Å². The standard InChI is InChI=1S/C25H46O12/c1-3-25(26)37-24-23-36-22-21-35-20-19-34-18-17-33-16-15-32-14-13-31-12-11-30-10-9-29-8-7-28-6-5-27-4-2/h3-4H,1-2,5-24H2. The first-order chi connectivity index (χ1) is 18.3. The van der Waals surface area contributed by atoms with Crippen LogP contribution in [0.25, 0.3) is 0 Å². The van der Waals surface area contributed by atoms with Gasteiger partial charge in [-0.05, 0) is 0 Å². The quantitative estimate of drug-likeness (QED) is 0.0527. The van der Waals surface area contributed by atoms with E-state index < -0.39 is 5.97 Å². The van der Waals surface area contributed by atoms with Gasteiger partial charge in [0.25, 0.3) is 0 Å². The highest BCUT2D eigenvalue weighted by Crippen LogP contribution is 1.87. The highest BCUT2D eigenvalue weighted by atomic mass is 16.6. The first kappa shape index (κ1) is 35.4. The monoisotopic (exact) mass is 538 g/mol. The lowest BCUT2D eigenvalue weighted by Gasteiger charge is -2.09.